The zero-order chi connectivity index (χ0) is 22.1. The first-order chi connectivity index (χ1) is 15.7. The van der Waals surface area contributed by atoms with Gasteiger partial charge in [-0.05, 0) is 85.2 Å². The van der Waals surface area contributed by atoms with Crippen LogP contribution in [-0.2, 0) is 0 Å². The van der Waals surface area contributed by atoms with Crippen LogP contribution in [-0.4, -0.2) is 24.3 Å². The van der Waals surface area contributed by atoms with Gasteiger partial charge in [-0.3, -0.25) is 0 Å². The molecule has 5 heteroatoms. The summed E-state index contributed by atoms with van der Waals surface area (Å²) in [4.78, 5) is 8.85. The Balaban J connectivity index is 1.61. The van der Waals surface area contributed by atoms with Gasteiger partial charge in [0.2, 0.25) is 0 Å². The fourth-order valence-electron chi connectivity index (χ4n) is 4.68. The standard InChI is InChI=1S/C27H28N2O2S/c1-18-17-29-26(20-10-14-23(31-3)15-11-20)24-7-5-4-6-21(25(24)28-27(29)32-18)16-19-8-12-22(30-2)13-9-19/h8-17,26H,4-7H2,1-3H3/b21-16+. The lowest BCUT2D eigenvalue weighted by Crippen LogP contribution is -2.31. The Morgan fingerprint density at radius 2 is 1.59 bits per heavy atom. The average molecular weight is 445 g/mol. The number of thioether (sulfide) groups is 1. The van der Waals surface area contributed by atoms with Crippen LogP contribution in [0.5, 0.6) is 11.5 Å². The van der Waals surface area contributed by atoms with E-state index in [2.05, 4.69) is 60.5 Å². The van der Waals surface area contributed by atoms with E-state index in [9.17, 15) is 0 Å². The van der Waals surface area contributed by atoms with Crippen molar-refractivity contribution in [3.8, 4) is 11.5 Å². The fraction of sp³-hybridized carbons (Fsp3) is 0.296. The summed E-state index contributed by atoms with van der Waals surface area (Å²) >= 11 is 1.77. The Morgan fingerprint density at radius 3 is 2.28 bits per heavy atom. The highest BCUT2D eigenvalue weighted by Gasteiger charge is 2.36. The summed E-state index contributed by atoms with van der Waals surface area (Å²) in [5, 5.41) is 1.07. The minimum atomic E-state index is 0.172. The van der Waals surface area contributed by atoms with E-state index in [1.807, 2.05) is 12.1 Å². The van der Waals surface area contributed by atoms with Crippen LogP contribution in [0.15, 0.2) is 81.5 Å². The Morgan fingerprint density at radius 1 is 0.938 bits per heavy atom. The lowest BCUT2D eigenvalue weighted by Gasteiger charge is -2.35. The normalized spacial score (nSPS) is 21.5. The summed E-state index contributed by atoms with van der Waals surface area (Å²) in [6.07, 6.45) is 9.03. The molecule has 2 aromatic rings. The van der Waals surface area contributed by atoms with Gasteiger partial charge in [-0.15, -0.1) is 0 Å². The van der Waals surface area contributed by atoms with E-state index in [1.165, 1.54) is 45.7 Å². The summed E-state index contributed by atoms with van der Waals surface area (Å²) in [6, 6.07) is 17.0. The minimum Gasteiger partial charge on any atom is -0.497 e. The lowest BCUT2D eigenvalue weighted by molar-refractivity contribution is 0.413. The number of amidine groups is 1. The van der Waals surface area contributed by atoms with Crippen molar-refractivity contribution in [1.29, 1.82) is 0 Å². The molecule has 4 nitrogen and oxygen atoms in total. The molecule has 0 saturated heterocycles. The summed E-state index contributed by atoms with van der Waals surface area (Å²) in [7, 11) is 3.42. The zero-order valence-corrected chi connectivity index (χ0v) is 19.6. The molecule has 164 valence electrons. The molecule has 1 unspecified atom stereocenters. The first-order valence-electron chi connectivity index (χ1n) is 11.1. The van der Waals surface area contributed by atoms with Crippen molar-refractivity contribution < 1.29 is 9.47 Å². The van der Waals surface area contributed by atoms with Gasteiger partial charge in [-0.2, -0.15) is 0 Å². The van der Waals surface area contributed by atoms with Crippen LogP contribution >= 0.6 is 11.8 Å². The fourth-order valence-corrected chi connectivity index (χ4v) is 5.53. The monoisotopic (exact) mass is 444 g/mol. The van der Waals surface area contributed by atoms with Crippen molar-refractivity contribution in [2.75, 3.05) is 14.2 Å². The molecule has 2 aromatic carbocycles. The molecular weight excluding hydrogens is 416 g/mol. The predicted octanol–water partition coefficient (Wildman–Crippen LogP) is 6.94. The van der Waals surface area contributed by atoms with Gasteiger partial charge in [0.25, 0.3) is 0 Å². The smallest absolute Gasteiger partial charge is 0.173 e. The van der Waals surface area contributed by atoms with Gasteiger partial charge in [0.15, 0.2) is 5.17 Å². The van der Waals surface area contributed by atoms with Crippen molar-refractivity contribution >= 4 is 23.0 Å². The molecule has 0 fully saturated rings. The molecule has 0 bridgehead atoms. The van der Waals surface area contributed by atoms with E-state index in [0.29, 0.717) is 0 Å². The van der Waals surface area contributed by atoms with Crippen molar-refractivity contribution in [1.82, 2.24) is 4.90 Å². The second-order valence-corrected chi connectivity index (χ2v) is 9.56. The number of methoxy groups -OCH3 is 2. The number of nitrogens with zero attached hydrogens (tertiary/aromatic N) is 2. The molecule has 0 spiro atoms. The molecule has 1 aliphatic carbocycles. The van der Waals surface area contributed by atoms with E-state index in [1.54, 1.807) is 26.0 Å². The number of allylic oxidation sites excluding steroid dienone is 2. The maximum atomic E-state index is 5.40. The van der Waals surface area contributed by atoms with E-state index in [-0.39, 0.29) is 6.04 Å². The third-order valence-electron chi connectivity index (χ3n) is 6.25. The van der Waals surface area contributed by atoms with Crippen molar-refractivity contribution in [3.05, 3.63) is 87.6 Å². The highest BCUT2D eigenvalue weighted by atomic mass is 32.2. The van der Waals surface area contributed by atoms with Crippen LogP contribution in [0, 0.1) is 0 Å². The molecule has 0 aromatic heterocycles. The average Bonchev–Trinajstić information content (AvgIpc) is 3.09. The molecule has 0 amide bonds. The molecule has 0 saturated carbocycles. The second kappa shape index (κ2) is 8.91. The molecule has 32 heavy (non-hydrogen) atoms. The molecular formula is C27H28N2O2S. The van der Waals surface area contributed by atoms with Gasteiger partial charge in [0, 0.05) is 11.1 Å². The third kappa shape index (κ3) is 3.97. The van der Waals surface area contributed by atoms with Gasteiger partial charge in [0.05, 0.1) is 26.0 Å². The van der Waals surface area contributed by atoms with Gasteiger partial charge in [0.1, 0.15) is 11.5 Å². The molecule has 1 atom stereocenters. The summed E-state index contributed by atoms with van der Waals surface area (Å²) in [6.45, 7) is 2.16. The number of benzene rings is 2. The number of aliphatic imine (C=N–C) groups is 1. The number of fused-ring (bicyclic) bond motifs is 1. The van der Waals surface area contributed by atoms with Crippen LogP contribution in [0.2, 0.25) is 0 Å². The van der Waals surface area contributed by atoms with E-state index in [4.69, 9.17) is 14.5 Å². The molecule has 3 aliphatic rings. The Bertz CT molecular complexity index is 1130. The highest BCUT2D eigenvalue weighted by Crippen LogP contribution is 2.48. The third-order valence-corrected chi connectivity index (χ3v) is 7.16. The molecule has 2 heterocycles. The topological polar surface area (TPSA) is 34.1 Å². The van der Waals surface area contributed by atoms with Crippen LogP contribution in [0.4, 0.5) is 0 Å². The van der Waals surface area contributed by atoms with E-state index in [0.717, 1.165) is 29.5 Å². The van der Waals surface area contributed by atoms with Gasteiger partial charge in [-0.1, -0.05) is 36.0 Å². The minimum absolute atomic E-state index is 0.172. The summed E-state index contributed by atoms with van der Waals surface area (Å²) in [5.74, 6) is 1.76. The largest absolute Gasteiger partial charge is 0.497 e. The van der Waals surface area contributed by atoms with Crippen LogP contribution in [0.1, 0.15) is 49.8 Å². The van der Waals surface area contributed by atoms with Crippen LogP contribution < -0.4 is 9.47 Å². The van der Waals surface area contributed by atoms with Crippen molar-refractivity contribution in [2.45, 2.75) is 38.6 Å². The Kier molecular flexibility index (Phi) is 5.83. The Labute approximate surface area is 194 Å². The lowest BCUT2D eigenvalue weighted by atomic mass is 9.90. The highest BCUT2D eigenvalue weighted by molar-refractivity contribution is 8.17. The first kappa shape index (κ1) is 21.0. The quantitative estimate of drug-likeness (QED) is 0.512. The van der Waals surface area contributed by atoms with E-state index >= 15 is 0 Å². The van der Waals surface area contributed by atoms with Crippen LogP contribution in [0.25, 0.3) is 6.08 Å². The zero-order valence-electron chi connectivity index (χ0n) is 18.8. The number of hydrogen-bond donors (Lipinski definition) is 0. The SMILES string of the molecule is COc1ccc(/C=C2\CCCCC3=C2N=C2SC(C)=CN2C3c2ccc(OC)cc2)cc1. The molecule has 0 N–H and O–H groups in total. The second-order valence-electron chi connectivity index (χ2n) is 8.34. The van der Waals surface area contributed by atoms with Gasteiger partial charge < -0.3 is 14.4 Å². The number of hydrogen-bond acceptors (Lipinski definition) is 5. The number of rotatable bonds is 4. The maximum Gasteiger partial charge on any atom is 0.173 e. The first-order valence-corrected chi connectivity index (χ1v) is 11.9. The van der Waals surface area contributed by atoms with Crippen molar-refractivity contribution in [3.63, 3.8) is 0 Å². The molecule has 5 rings (SSSR count). The molecule has 0 radical (unpaired) electrons. The number of ether oxygens (including phenoxy) is 2. The summed E-state index contributed by atoms with van der Waals surface area (Å²) in [5.41, 5.74) is 6.40. The van der Waals surface area contributed by atoms with Gasteiger partial charge in [-0.25, -0.2) is 4.99 Å². The summed E-state index contributed by atoms with van der Waals surface area (Å²) < 4.78 is 10.7. The predicted molar refractivity (Wildman–Crippen MR) is 133 cm³/mol. The van der Waals surface area contributed by atoms with E-state index < -0.39 is 0 Å². The van der Waals surface area contributed by atoms with Gasteiger partial charge >= 0.3 is 0 Å². The van der Waals surface area contributed by atoms with Crippen LogP contribution in [0.3, 0.4) is 0 Å². The Hall–Kier alpha value is -2.92. The van der Waals surface area contributed by atoms with Crippen molar-refractivity contribution in [2.24, 2.45) is 4.99 Å². The molecule has 2 aliphatic heterocycles. The maximum absolute atomic E-state index is 5.40.